The van der Waals surface area contributed by atoms with Crippen molar-refractivity contribution in [3.63, 3.8) is 0 Å². The second-order valence-electron chi connectivity index (χ2n) is 9.90. The van der Waals surface area contributed by atoms with Crippen LogP contribution in [0.15, 0.2) is 24.3 Å². The van der Waals surface area contributed by atoms with E-state index in [0.29, 0.717) is 5.92 Å². The lowest BCUT2D eigenvalue weighted by Crippen LogP contribution is -2.25. The van der Waals surface area contributed by atoms with E-state index in [-0.39, 0.29) is 5.75 Å². The summed E-state index contributed by atoms with van der Waals surface area (Å²) in [5.41, 5.74) is 1.29. The molecular formula is C27H42F2O. The van der Waals surface area contributed by atoms with E-state index in [1.807, 2.05) is 12.1 Å². The van der Waals surface area contributed by atoms with Crippen molar-refractivity contribution in [2.24, 2.45) is 17.8 Å². The van der Waals surface area contributed by atoms with E-state index in [0.717, 1.165) is 17.8 Å². The number of unbranched alkanes of at least 4 members (excludes halogenated alkanes) is 5. The highest BCUT2D eigenvalue weighted by molar-refractivity contribution is 5.29. The highest BCUT2D eigenvalue weighted by Crippen LogP contribution is 2.44. The van der Waals surface area contributed by atoms with Crippen LogP contribution in [0, 0.1) is 17.8 Å². The molecule has 2 aliphatic rings. The number of alkyl halides is 2. The van der Waals surface area contributed by atoms with Crippen LogP contribution in [0.3, 0.4) is 0 Å². The minimum atomic E-state index is -2.74. The molecule has 0 heterocycles. The average molecular weight is 421 g/mol. The van der Waals surface area contributed by atoms with Gasteiger partial charge in [0.2, 0.25) is 0 Å². The maximum absolute atomic E-state index is 12.3. The van der Waals surface area contributed by atoms with Crippen LogP contribution in [0.4, 0.5) is 8.78 Å². The van der Waals surface area contributed by atoms with E-state index in [2.05, 4.69) is 11.7 Å². The highest BCUT2D eigenvalue weighted by atomic mass is 19.3. The molecule has 3 heteroatoms. The van der Waals surface area contributed by atoms with E-state index >= 15 is 0 Å². The molecule has 30 heavy (non-hydrogen) atoms. The number of hydrogen-bond donors (Lipinski definition) is 0. The predicted molar refractivity (Wildman–Crippen MR) is 121 cm³/mol. The Hall–Kier alpha value is -1.12. The third-order valence-corrected chi connectivity index (χ3v) is 7.87. The van der Waals surface area contributed by atoms with Crippen molar-refractivity contribution in [1.82, 2.24) is 0 Å². The Balaban J connectivity index is 1.32. The predicted octanol–water partition coefficient (Wildman–Crippen LogP) is 9.12. The van der Waals surface area contributed by atoms with Gasteiger partial charge >= 0.3 is 6.61 Å². The monoisotopic (exact) mass is 420 g/mol. The molecule has 3 rings (SSSR count). The molecule has 0 bridgehead atoms. The Kier molecular flexibility index (Phi) is 9.94. The Labute approximate surface area is 183 Å². The number of hydrogen-bond acceptors (Lipinski definition) is 1. The summed E-state index contributed by atoms with van der Waals surface area (Å²) in [6.07, 6.45) is 21.0. The van der Waals surface area contributed by atoms with Gasteiger partial charge in [-0.15, -0.1) is 0 Å². The zero-order valence-electron chi connectivity index (χ0n) is 19.0. The van der Waals surface area contributed by atoms with Crippen molar-refractivity contribution in [1.29, 1.82) is 0 Å². The van der Waals surface area contributed by atoms with Crippen LogP contribution in [0.1, 0.15) is 115 Å². The fourth-order valence-electron chi connectivity index (χ4n) is 6.01. The van der Waals surface area contributed by atoms with Crippen molar-refractivity contribution in [2.45, 2.75) is 116 Å². The molecule has 0 N–H and O–H groups in total. The normalized spacial score (nSPS) is 27.3. The molecule has 0 saturated heterocycles. The van der Waals surface area contributed by atoms with E-state index < -0.39 is 6.61 Å². The zero-order chi connectivity index (χ0) is 21.2. The van der Waals surface area contributed by atoms with E-state index in [1.54, 1.807) is 12.1 Å². The molecule has 0 aromatic heterocycles. The molecule has 0 amide bonds. The van der Waals surface area contributed by atoms with Gasteiger partial charge in [-0.2, -0.15) is 8.78 Å². The molecule has 2 fully saturated rings. The first-order valence-corrected chi connectivity index (χ1v) is 12.7. The zero-order valence-corrected chi connectivity index (χ0v) is 19.0. The largest absolute Gasteiger partial charge is 0.435 e. The van der Waals surface area contributed by atoms with Gasteiger partial charge in [0.25, 0.3) is 0 Å². The van der Waals surface area contributed by atoms with E-state index in [1.165, 1.54) is 102 Å². The third-order valence-electron chi connectivity index (χ3n) is 7.87. The lowest BCUT2D eigenvalue weighted by Gasteiger charge is -2.38. The van der Waals surface area contributed by atoms with Gasteiger partial charge in [0.05, 0.1) is 0 Å². The standard InChI is InChI=1S/C27H42F2O/c1-2-3-4-5-6-7-8-21-9-11-22(12-10-21)23-13-15-24(16-14-23)25-17-19-26(20-18-25)30-27(28)29/h17-24,27H,2-16H2,1H3. The van der Waals surface area contributed by atoms with Crippen molar-refractivity contribution < 1.29 is 13.5 Å². The summed E-state index contributed by atoms with van der Waals surface area (Å²) in [6.45, 7) is -0.455. The minimum absolute atomic E-state index is 0.264. The van der Waals surface area contributed by atoms with Crippen molar-refractivity contribution >= 4 is 0 Å². The second-order valence-corrected chi connectivity index (χ2v) is 9.90. The molecule has 1 aromatic rings. The van der Waals surface area contributed by atoms with Crippen molar-refractivity contribution in [3.05, 3.63) is 29.8 Å². The molecule has 2 saturated carbocycles. The summed E-state index contributed by atoms with van der Waals surface area (Å²) in [5, 5.41) is 0. The first-order valence-electron chi connectivity index (χ1n) is 12.7. The highest BCUT2D eigenvalue weighted by Gasteiger charge is 2.31. The van der Waals surface area contributed by atoms with Crippen LogP contribution in [-0.2, 0) is 0 Å². The number of ether oxygens (including phenoxy) is 1. The maximum Gasteiger partial charge on any atom is 0.387 e. The Bertz CT molecular complexity index is 569. The van der Waals surface area contributed by atoms with Crippen LogP contribution >= 0.6 is 0 Å². The SMILES string of the molecule is CCCCCCCCC1CCC(C2CCC(c3ccc(OC(F)F)cc3)CC2)CC1. The summed E-state index contributed by atoms with van der Waals surface area (Å²) in [5.74, 6) is 3.72. The fraction of sp³-hybridized carbons (Fsp3) is 0.778. The third kappa shape index (κ3) is 7.54. The molecule has 0 unspecified atom stereocenters. The Morgan fingerprint density at radius 1 is 0.767 bits per heavy atom. The molecule has 0 spiro atoms. The van der Waals surface area contributed by atoms with Gasteiger partial charge in [-0.05, 0) is 79.9 Å². The molecule has 170 valence electrons. The molecule has 1 aromatic carbocycles. The quantitative estimate of drug-likeness (QED) is 0.324. The Morgan fingerprint density at radius 3 is 1.93 bits per heavy atom. The minimum Gasteiger partial charge on any atom is -0.435 e. The lowest BCUT2D eigenvalue weighted by atomic mass is 9.68. The van der Waals surface area contributed by atoms with Crippen molar-refractivity contribution in [3.8, 4) is 5.75 Å². The summed E-state index contributed by atoms with van der Waals surface area (Å²) >= 11 is 0. The maximum atomic E-state index is 12.3. The summed E-state index contributed by atoms with van der Waals surface area (Å²) in [6, 6.07) is 7.35. The number of rotatable bonds is 11. The molecule has 0 radical (unpaired) electrons. The topological polar surface area (TPSA) is 9.23 Å². The second kappa shape index (κ2) is 12.7. The summed E-state index contributed by atoms with van der Waals surface area (Å²) < 4.78 is 29.1. The van der Waals surface area contributed by atoms with Gasteiger partial charge in [0.1, 0.15) is 5.75 Å². The van der Waals surface area contributed by atoms with Gasteiger partial charge in [-0.3, -0.25) is 0 Å². The van der Waals surface area contributed by atoms with Gasteiger partial charge in [0.15, 0.2) is 0 Å². The van der Waals surface area contributed by atoms with Crippen LogP contribution in [-0.4, -0.2) is 6.61 Å². The average Bonchev–Trinajstić information content (AvgIpc) is 2.77. The first kappa shape index (κ1) is 23.5. The molecular weight excluding hydrogens is 378 g/mol. The molecule has 2 aliphatic carbocycles. The first-order chi connectivity index (χ1) is 14.7. The van der Waals surface area contributed by atoms with E-state index in [4.69, 9.17) is 0 Å². The number of benzene rings is 1. The van der Waals surface area contributed by atoms with Gasteiger partial charge < -0.3 is 4.74 Å². The van der Waals surface area contributed by atoms with Crippen LogP contribution in [0.2, 0.25) is 0 Å². The van der Waals surface area contributed by atoms with Crippen LogP contribution in [0.25, 0.3) is 0 Å². The van der Waals surface area contributed by atoms with Gasteiger partial charge in [-0.25, -0.2) is 0 Å². The van der Waals surface area contributed by atoms with Crippen molar-refractivity contribution in [2.75, 3.05) is 0 Å². The van der Waals surface area contributed by atoms with Gasteiger partial charge in [0, 0.05) is 0 Å². The molecule has 0 atom stereocenters. The lowest BCUT2D eigenvalue weighted by molar-refractivity contribution is -0.0498. The Morgan fingerprint density at radius 2 is 1.33 bits per heavy atom. The summed E-state index contributed by atoms with van der Waals surface area (Å²) in [4.78, 5) is 0. The smallest absolute Gasteiger partial charge is 0.387 e. The molecule has 0 aliphatic heterocycles. The number of halogens is 2. The van der Waals surface area contributed by atoms with Crippen LogP contribution in [0.5, 0.6) is 5.75 Å². The van der Waals surface area contributed by atoms with Crippen LogP contribution < -0.4 is 4.74 Å². The fourth-order valence-corrected chi connectivity index (χ4v) is 6.01. The van der Waals surface area contributed by atoms with E-state index in [9.17, 15) is 8.78 Å². The summed E-state index contributed by atoms with van der Waals surface area (Å²) in [7, 11) is 0. The molecule has 1 nitrogen and oxygen atoms in total. The van der Waals surface area contributed by atoms with Gasteiger partial charge in [-0.1, -0.05) is 76.8 Å².